The summed E-state index contributed by atoms with van der Waals surface area (Å²) in [5, 5.41) is 10.3. The second-order valence-electron chi connectivity index (χ2n) is 2.80. The predicted octanol–water partition coefficient (Wildman–Crippen LogP) is -0.771. The van der Waals surface area contributed by atoms with Gasteiger partial charge in [-0.25, -0.2) is 5.48 Å². The van der Waals surface area contributed by atoms with Crippen LogP contribution in [0.5, 0.6) is 0 Å². The second kappa shape index (κ2) is 4.89. The van der Waals surface area contributed by atoms with Crippen molar-refractivity contribution in [2.45, 2.75) is 0 Å². The van der Waals surface area contributed by atoms with Crippen molar-refractivity contribution >= 4 is 23.4 Å². The van der Waals surface area contributed by atoms with Crippen LogP contribution in [0.25, 0.3) is 0 Å². The van der Waals surface area contributed by atoms with E-state index in [1.807, 2.05) is 0 Å². The van der Waals surface area contributed by atoms with Crippen LogP contribution in [-0.4, -0.2) is 22.9 Å². The van der Waals surface area contributed by atoms with Gasteiger partial charge in [-0.1, -0.05) is 12.1 Å². The Hall–Kier alpha value is -2.41. The van der Waals surface area contributed by atoms with Gasteiger partial charge in [0.15, 0.2) is 0 Å². The van der Waals surface area contributed by atoms with Crippen LogP contribution < -0.4 is 16.5 Å². The first-order valence-electron chi connectivity index (χ1n) is 4.20. The van der Waals surface area contributed by atoms with Gasteiger partial charge in [0.05, 0.1) is 11.3 Å². The Morgan fingerprint density at radius 1 is 1.12 bits per heavy atom. The normalized spacial score (nSPS) is 9.31. The number of anilines is 1. The maximum atomic E-state index is 11.1. The summed E-state index contributed by atoms with van der Waals surface area (Å²) in [6.45, 7) is 0. The lowest BCUT2D eigenvalue weighted by atomic mass is 10.1. The molecule has 5 N–H and O–H groups in total. The Morgan fingerprint density at radius 3 is 2.31 bits per heavy atom. The van der Waals surface area contributed by atoms with Gasteiger partial charge in [-0.2, -0.15) is 0 Å². The van der Waals surface area contributed by atoms with Gasteiger partial charge in [0.2, 0.25) is 0 Å². The van der Waals surface area contributed by atoms with Crippen LogP contribution >= 0.6 is 0 Å². The summed E-state index contributed by atoms with van der Waals surface area (Å²) >= 11 is 0. The third kappa shape index (κ3) is 2.55. The highest BCUT2D eigenvalue weighted by Gasteiger charge is 2.15. The molecule has 0 bridgehead atoms. The van der Waals surface area contributed by atoms with E-state index in [9.17, 15) is 14.4 Å². The van der Waals surface area contributed by atoms with Crippen molar-refractivity contribution in [1.82, 2.24) is 5.48 Å². The zero-order valence-electron chi connectivity index (χ0n) is 8.06. The van der Waals surface area contributed by atoms with Crippen molar-refractivity contribution < 1.29 is 19.6 Å². The molecule has 7 heteroatoms. The fourth-order valence-electron chi connectivity index (χ4n) is 1.04. The fraction of sp³-hybridized carbons (Fsp3) is 0. The molecule has 0 fully saturated rings. The molecule has 0 heterocycles. The monoisotopic (exact) mass is 223 g/mol. The number of para-hydroxylation sites is 1. The average molecular weight is 223 g/mol. The minimum Gasteiger partial charge on any atom is -0.366 e. The van der Waals surface area contributed by atoms with Crippen LogP contribution in [0.15, 0.2) is 24.3 Å². The van der Waals surface area contributed by atoms with Crippen LogP contribution in [0.3, 0.4) is 0 Å². The maximum absolute atomic E-state index is 11.1. The van der Waals surface area contributed by atoms with Crippen molar-refractivity contribution in [3.05, 3.63) is 29.8 Å². The molecule has 7 nitrogen and oxygen atoms in total. The van der Waals surface area contributed by atoms with Crippen LogP contribution in [0.2, 0.25) is 0 Å². The van der Waals surface area contributed by atoms with E-state index in [-0.39, 0.29) is 11.3 Å². The van der Waals surface area contributed by atoms with Gasteiger partial charge < -0.3 is 11.1 Å². The van der Waals surface area contributed by atoms with Gasteiger partial charge in [0, 0.05) is 0 Å². The second-order valence-corrected chi connectivity index (χ2v) is 2.80. The van der Waals surface area contributed by atoms with Crippen molar-refractivity contribution in [3.8, 4) is 0 Å². The minimum atomic E-state index is -1.24. The Bertz CT molecular complexity index is 444. The lowest BCUT2D eigenvalue weighted by Crippen LogP contribution is -2.33. The third-order valence-electron chi connectivity index (χ3n) is 1.75. The average Bonchev–Trinajstić information content (AvgIpc) is 2.28. The SMILES string of the molecule is NC(=O)c1ccccc1NC(=O)C(=O)NO. The third-order valence-corrected chi connectivity index (χ3v) is 1.75. The number of carbonyl (C=O) groups excluding carboxylic acids is 3. The van der Waals surface area contributed by atoms with Gasteiger partial charge in [-0.15, -0.1) is 0 Å². The number of hydrogen-bond donors (Lipinski definition) is 4. The maximum Gasteiger partial charge on any atom is 0.332 e. The molecule has 1 aromatic rings. The van der Waals surface area contributed by atoms with E-state index in [0.717, 1.165) is 0 Å². The Balaban J connectivity index is 2.93. The fourth-order valence-corrected chi connectivity index (χ4v) is 1.04. The number of primary amides is 1. The highest BCUT2D eigenvalue weighted by molar-refractivity contribution is 6.39. The summed E-state index contributed by atoms with van der Waals surface area (Å²) in [5.74, 6) is -3.07. The zero-order chi connectivity index (χ0) is 12.1. The molecule has 1 aromatic carbocycles. The molecule has 0 aliphatic rings. The van der Waals surface area contributed by atoms with E-state index in [2.05, 4.69) is 5.32 Å². The molecule has 16 heavy (non-hydrogen) atoms. The van der Waals surface area contributed by atoms with Crippen molar-refractivity contribution in [2.75, 3.05) is 5.32 Å². The number of hydrogen-bond acceptors (Lipinski definition) is 4. The predicted molar refractivity (Wildman–Crippen MR) is 53.5 cm³/mol. The summed E-state index contributed by atoms with van der Waals surface area (Å²) in [6, 6.07) is 5.91. The van der Waals surface area contributed by atoms with E-state index in [1.54, 1.807) is 12.1 Å². The number of rotatable bonds is 2. The number of nitrogens with one attached hydrogen (secondary N) is 2. The van der Waals surface area contributed by atoms with Gasteiger partial charge in [0.25, 0.3) is 5.91 Å². The van der Waals surface area contributed by atoms with Crippen LogP contribution in [0, 0.1) is 0 Å². The topological polar surface area (TPSA) is 122 Å². The molecule has 0 saturated carbocycles. The summed E-state index contributed by atoms with van der Waals surface area (Å²) in [5.41, 5.74) is 6.40. The molecule has 0 unspecified atom stereocenters. The first-order valence-corrected chi connectivity index (χ1v) is 4.20. The van der Waals surface area contributed by atoms with E-state index in [0.29, 0.717) is 0 Å². The lowest BCUT2D eigenvalue weighted by molar-refractivity contribution is -0.141. The largest absolute Gasteiger partial charge is 0.366 e. The lowest BCUT2D eigenvalue weighted by Gasteiger charge is -2.06. The summed E-state index contributed by atoms with van der Waals surface area (Å²) in [6.07, 6.45) is 0. The summed E-state index contributed by atoms with van der Waals surface area (Å²) < 4.78 is 0. The zero-order valence-corrected chi connectivity index (χ0v) is 8.06. The van der Waals surface area contributed by atoms with Crippen molar-refractivity contribution in [1.29, 1.82) is 0 Å². The standard InChI is InChI=1S/C9H9N3O4/c10-7(13)5-3-1-2-4-6(5)11-8(14)9(15)12-16/h1-4,16H,(H2,10,13)(H,11,14)(H,12,15). The summed E-state index contributed by atoms with van der Waals surface area (Å²) in [7, 11) is 0. The van der Waals surface area contributed by atoms with E-state index in [4.69, 9.17) is 10.9 Å². The van der Waals surface area contributed by atoms with Crippen LogP contribution in [-0.2, 0) is 9.59 Å². The molecule has 0 spiro atoms. The molecule has 3 amide bonds. The molecule has 0 aromatic heterocycles. The van der Waals surface area contributed by atoms with E-state index >= 15 is 0 Å². The molecule has 84 valence electrons. The highest BCUT2D eigenvalue weighted by atomic mass is 16.5. The minimum absolute atomic E-state index is 0.0709. The quantitative estimate of drug-likeness (QED) is 0.298. The Morgan fingerprint density at radius 2 is 1.75 bits per heavy atom. The smallest absolute Gasteiger partial charge is 0.332 e. The molecule has 0 saturated heterocycles. The molecule has 1 rings (SSSR count). The van der Waals surface area contributed by atoms with E-state index in [1.165, 1.54) is 17.6 Å². The molecule has 0 atom stereocenters. The molecular formula is C9H9N3O4. The van der Waals surface area contributed by atoms with Gasteiger partial charge in [0.1, 0.15) is 0 Å². The Labute approximate surface area is 90.2 Å². The molecule has 0 aliphatic carbocycles. The number of hydroxylamine groups is 1. The van der Waals surface area contributed by atoms with Crippen LogP contribution in [0.4, 0.5) is 5.69 Å². The van der Waals surface area contributed by atoms with Gasteiger partial charge in [-0.3, -0.25) is 19.6 Å². The highest BCUT2D eigenvalue weighted by Crippen LogP contribution is 2.13. The number of carbonyl (C=O) groups is 3. The van der Waals surface area contributed by atoms with Gasteiger partial charge in [-0.05, 0) is 12.1 Å². The Kier molecular flexibility index (Phi) is 3.57. The molecule has 0 aliphatic heterocycles. The van der Waals surface area contributed by atoms with Crippen molar-refractivity contribution in [2.24, 2.45) is 5.73 Å². The first kappa shape index (κ1) is 11.7. The summed E-state index contributed by atoms with van der Waals surface area (Å²) in [4.78, 5) is 32.8. The number of nitrogens with two attached hydrogens (primary N) is 1. The van der Waals surface area contributed by atoms with Crippen LogP contribution in [0.1, 0.15) is 10.4 Å². The molecular weight excluding hydrogens is 214 g/mol. The number of amides is 3. The van der Waals surface area contributed by atoms with E-state index < -0.39 is 17.7 Å². The number of benzene rings is 1. The first-order chi connectivity index (χ1) is 7.56. The van der Waals surface area contributed by atoms with Gasteiger partial charge >= 0.3 is 11.8 Å². The molecule has 0 radical (unpaired) electrons. The van der Waals surface area contributed by atoms with Crippen molar-refractivity contribution in [3.63, 3.8) is 0 Å².